The number of aliphatic hydroxyl groups excluding tert-OH is 1. The van der Waals surface area contributed by atoms with E-state index in [-0.39, 0.29) is 5.60 Å². The number of aliphatic hydroxyl groups is 1. The molecule has 1 saturated carbocycles. The second kappa shape index (κ2) is 7.51. The van der Waals surface area contributed by atoms with Gasteiger partial charge in [0, 0.05) is 25.3 Å². The van der Waals surface area contributed by atoms with Crippen molar-refractivity contribution in [2.45, 2.75) is 51.7 Å². The van der Waals surface area contributed by atoms with Crippen molar-refractivity contribution in [2.24, 2.45) is 11.8 Å². The van der Waals surface area contributed by atoms with Gasteiger partial charge in [-0.2, -0.15) is 0 Å². The summed E-state index contributed by atoms with van der Waals surface area (Å²) in [5, 5.41) is 15.0. The lowest BCUT2D eigenvalue weighted by molar-refractivity contribution is -0.235. The van der Waals surface area contributed by atoms with E-state index in [0.717, 1.165) is 31.1 Å². The molecule has 2 aliphatic rings. The molecule has 1 aliphatic heterocycles. The summed E-state index contributed by atoms with van der Waals surface area (Å²) in [7, 11) is 0. The van der Waals surface area contributed by atoms with E-state index < -0.39 is 6.41 Å². The maximum Gasteiger partial charge on any atom is 0.216 e. The zero-order valence-corrected chi connectivity index (χ0v) is 17.1. The Morgan fingerprint density at radius 3 is 2.48 bits per heavy atom. The van der Waals surface area contributed by atoms with E-state index in [1.807, 2.05) is 33.0 Å². The largest absolute Gasteiger partial charge is 0.359 e. The Kier molecular flexibility index (Phi) is 5.25. The average molecular weight is 388 g/mol. The van der Waals surface area contributed by atoms with Crippen LogP contribution in [0.1, 0.15) is 33.6 Å². The Morgan fingerprint density at radius 1 is 1.19 bits per heavy atom. The molecule has 0 amide bonds. The number of nitrogens with zero attached hydrogens (tertiary/aromatic N) is 2. The second-order valence-corrected chi connectivity index (χ2v) is 9.77. The molecule has 2 N–H and O–H groups in total. The number of benzene rings is 1. The van der Waals surface area contributed by atoms with Crippen LogP contribution in [0.3, 0.4) is 0 Å². The quantitative estimate of drug-likeness (QED) is 0.759. The number of rotatable bonds is 5. The monoisotopic (exact) mass is 387 g/mol. The lowest BCUT2D eigenvalue weighted by Crippen LogP contribution is -2.41. The van der Waals surface area contributed by atoms with Crippen molar-refractivity contribution in [3.63, 3.8) is 0 Å². The summed E-state index contributed by atoms with van der Waals surface area (Å²) in [6.45, 7) is 7.75. The standard InChI is InChI=1S/C21H29N3O2S/c1-21(2,3)26-20(25)24-12-15-9-17(10-16(15)13-24)23-19-22-11-18(27-19)14-7-5-4-6-8-14/h4-8,11,15-17,20,25H,9-10,12-13H2,1-3H3,(H,22,23)/t15-,16+,17?,20?. The summed E-state index contributed by atoms with van der Waals surface area (Å²) in [5.41, 5.74) is 0.887. The molecule has 2 unspecified atom stereocenters. The molecule has 2 heterocycles. The van der Waals surface area contributed by atoms with E-state index >= 15 is 0 Å². The van der Waals surface area contributed by atoms with E-state index in [1.165, 1.54) is 10.4 Å². The highest BCUT2D eigenvalue weighted by molar-refractivity contribution is 7.18. The fraction of sp³-hybridized carbons (Fsp3) is 0.571. The normalized spacial score (nSPS) is 26.9. The van der Waals surface area contributed by atoms with Crippen molar-refractivity contribution >= 4 is 16.5 Å². The fourth-order valence-corrected chi connectivity index (χ4v) is 5.18. The molecule has 5 nitrogen and oxygen atoms in total. The van der Waals surface area contributed by atoms with Crippen LogP contribution >= 0.6 is 11.3 Å². The molecule has 0 bridgehead atoms. The molecule has 1 aromatic heterocycles. The lowest BCUT2D eigenvalue weighted by atomic mass is 10.0. The topological polar surface area (TPSA) is 57.6 Å². The Labute approximate surface area is 165 Å². The van der Waals surface area contributed by atoms with Crippen molar-refractivity contribution < 1.29 is 9.84 Å². The van der Waals surface area contributed by atoms with Gasteiger partial charge in [-0.15, -0.1) is 0 Å². The van der Waals surface area contributed by atoms with Gasteiger partial charge in [0.25, 0.3) is 0 Å². The first-order valence-electron chi connectivity index (χ1n) is 9.75. The molecule has 1 saturated heterocycles. The first-order chi connectivity index (χ1) is 12.9. The highest BCUT2D eigenvalue weighted by atomic mass is 32.1. The number of fused-ring (bicyclic) bond motifs is 1. The van der Waals surface area contributed by atoms with Crippen molar-refractivity contribution in [3.8, 4) is 10.4 Å². The van der Waals surface area contributed by atoms with Crippen LogP contribution < -0.4 is 5.32 Å². The van der Waals surface area contributed by atoms with Crippen LogP contribution in [0.4, 0.5) is 5.13 Å². The number of hydrogen-bond acceptors (Lipinski definition) is 6. The van der Waals surface area contributed by atoms with E-state index in [1.54, 1.807) is 11.3 Å². The molecule has 146 valence electrons. The van der Waals surface area contributed by atoms with Gasteiger partial charge in [0.05, 0.1) is 10.5 Å². The molecule has 0 radical (unpaired) electrons. The minimum Gasteiger partial charge on any atom is -0.359 e. The molecule has 4 atom stereocenters. The van der Waals surface area contributed by atoms with Gasteiger partial charge in [-0.05, 0) is 51.0 Å². The molecule has 4 rings (SSSR count). The van der Waals surface area contributed by atoms with Gasteiger partial charge < -0.3 is 15.2 Å². The van der Waals surface area contributed by atoms with Crippen LogP contribution in [0.2, 0.25) is 0 Å². The molecule has 2 aromatic rings. The molecule has 27 heavy (non-hydrogen) atoms. The lowest BCUT2D eigenvalue weighted by Gasteiger charge is -2.30. The second-order valence-electron chi connectivity index (χ2n) is 8.74. The van der Waals surface area contributed by atoms with E-state index in [9.17, 15) is 5.11 Å². The molecule has 2 fully saturated rings. The first kappa shape index (κ1) is 18.9. The SMILES string of the molecule is CC(C)(C)OC(O)N1C[C@H]2CC(Nc3ncc(-c4ccccc4)s3)C[C@H]2C1. The predicted molar refractivity (Wildman–Crippen MR) is 110 cm³/mol. The third kappa shape index (κ3) is 4.51. The molecule has 6 heteroatoms. The Balaban J connectivity index is 1.30. The van der Waals surface area contributed by atoms with Gasteiger partial charge in [0.1, 0.15) is 0 Å². The number of thiazole rings is 1. The van der Waals surface area contributed by atoms with Gasteiger partial charge >= 0.3 is 0 Å². The van der Waals surface area contributed by atoms with Gasteiger partial charge in [0.2, 0.25) is 6.41 Å². The van der Waals surface area contributed by atoms with Gasteiger partial charge in [0.15, 0.2) is 5.13 Å². The number of nitrogens with one attached hydrogen (secondary N) is 1. The summed E-state index contributed by atoms with van der Waals surface area (Å²) in [5.74, 6) is 1.24. The zero-order valence-electron chi connectivity index (χ0n) is 16.3. The van der Waals surface area contributed by atoms with Crippen LogP contribution in [0, 0.1) is 11.8 Å². The third-order valence-electron chi connectivity index (χ3n) is 5.44. The predicted octanol–water partition coefficient (Wildman–Crippen LogP) is 4.02. The fourth-order valence-electron chi connectivity index (χ4n) is 4.28. The Hall–Kier alpha value is -1.47. The third-order valence-corrected chi connectivity index (χ3v) is 6.42. The molecule has 1 aromatic carbocycles. The van der Waals surface area contributed by atoms with Crippen molar-refractivity contribution in [1.29, 1.82) is 0 Å². The molecule has 0 spiro atoms. The number of aromatic nitrogens is 1. The maximum absolute atomic E-state index is 10.3. The van der Waals surface area contributed by atoms with E-state index in [0.29, 0.717) is 17.9 Å². The van der Waals surface area contributed by atoms with Crippen molar-refractivity contribution in [2.75, 3.05) is 18.4 Å². The number of likely N-dealkylation sites (tertiary alicyclic amines) is 1. The van der Waals surface area contributed by atoms with E-state index in [2.05, 4.69) is 39.5 Å². The van der Waals surface area contributed by atoms with Crippen molar-refractivity contribution in [1.82, 2.24) is 9.88 Å². The van der Waals surface area contributed by atoms with Crippen LogP contribution in [0.25, 0.3) is 10.4 Å². The highest BCUT2D eigenvalue weighted by Gasteiger charge is 2.43. The van der Waals surface area contributed by atoms with Crippen LogP contribution in [-0.4, -0.2) is 46.1 Å². The van der Waals surface area contributed by atoms with Crippen molar-refractivity contribution in [3.05, 3.63) is 36.5 Å². The summed E-state index contributed by atoms with van der Waals surface area (Å²) in [4.78, 5) is 7.85. The van der Waals surface area contributed by atoms with Crippen LogP contribution in [-0.2, 0) is 4.74 Å². The van der Waals surface area contributed by atoms with Gasteiger partial charge in [-0.25, -0.2) is 4.98 Å². The number of ether oxygens (including phenoxy) is 1. The van der Waals surface area contributed by atoms with Gasteiger partial charge in [-0.1, -0.05) is 41.7 Å². The molecular weight excluding hydrogens is 358 g/mol. The van der Waals surface area contributed by atoms with Crippen LogP contribution in [0.5, 0.6) is 0 Å². The average Bonchev–Trinajstić information content (AvgIpc) is 3.29. The summed E-state index contributed by atoms with van der Waals surface area (Å²) in [6.07, 6.45) is 3.42. The highest BCUT2D eigenvalue weighted by Crippen LogP contribution is 2.41. The smallest absolute Gasteiger partial charge is 0.216 e. The minimum absolute atomic E-state index is 0.331. The number of hydrogen-bond donors (Lipinski definition) is 2. The zero-order chi connectivity index (χ0) is 19.0. The maximum atomic E-state index is 10.3. The van der Waals surface area contributed by atoms with Crippen LogP contribution in [0.15, 0.2) is 36.5 Å². The Morgan fingerprint density at radius 2 is 1.85 bits per heavy atom. The first-order valence-corrected chi connectivity index (χ1v) is 10.6. The minimum atomic E-state index is -0.797. The van der Waals surface area contributed by atoms with Gasteiger partial charge in [-0.3, -0.25) is 4.90 Å². The summed E-state index contributed by atoms with van der Waals surface area (Å²) in [6, 6.07) is 10.9. The summed E-state index contributed by atoms with van der Waals surface area (Å²) < 4.78 is 5.71. The number of anilines is 1. The van der Waals surface area contributed by atoms with E-state index in [4.69, 9.17) is 4.74 Å². The Bertz CT molecular complexity index is 744. The summed E-state index contributed by atoms with van der Waals surface area (Å²) >= 11 is 1.72. The molecular formula is C21H29N3O2S. The molecule has 1 aliphatic carbocycles.